The number of aromatic nitrogens is 2. The van der Waals surface area contributed by atoms with Gasteiger partial charge in [-0.25, -0.2) is 4.98 Å². The Morgan fingerprint density at radius 2 is 2.06 bits per heavy atom. The molecule has 1 aliphatic heterocycles. The van der Waals surface area contributed by atoms with E-state index in [0.29, 0.717) is 4.64 Å². The van der Waals surface area contributed by atoms with Crippen molar-refractivity contribution < 1.29 is 0 Å². The van der Waals surface area contributed by atoms with E-state index in [2.05, 4.69) is 21.7 Å². The molecule has 1 aliphatic rings. The molecule has 0 atom stereocenters. The van der Waals surface area contributed by atoms with E-state index in [9.17, 15) is 0 Å². The topological polar surface area (TPSA) is 17.8 Å². The number of hydrogen-bond acceptors (Lipinski definition) is 3. The number of rotatable bonds is 1. The molecule has 2 heterocycles. The van der Waals surface area contributed by atoms with E-state index in [1.165, 1.54) is 11.3 Å². The molecule has 0 spiro atoms. The van der Waals surface area contributed by atoms with Gasteiger partial charge in [-0.2, -0.15) is 0 Å². The summed E-state index contributed by atoms with van der Waals surface area (Å²) in [4.78, 5) is 4.38. The van der Waals surface area contributed by atoms with E-state index in [4.69, 9.17) is 12.2 Å². The Morgan fingerprint density at radius 3 is 2.88 bits per heavy atom. The van der Waals surface area contributed by atoms with Gasteiger partial charge in [-0.1, -0.05) is 54.3 Å². The van der Waals surface area contributed by atoms with Crippen LogP contribution < -0.4 is 0 Å². The van der Waals surface area contributed by atoms with Gasteiger partial charge in [0.05, 0.1) is 5.69 Å². The Morgan fingerprint density at radius 1 is 1.25 bits per heavy atom. The first kappa shape index (κ1) is 10.1. The third-order valence-corrected chi connectivity index (χ3v) is 3.77. The molecule has 0 bridgehead atoms. The monoisotopic (exact) mass is 246 g/mol. The highest BCUT2D eigenvalue weighted by molar-refractivity contribution is 7.99. The van der Waals surface area contributed by atoms with Gasteiger partial charge < -0.3 is 4.57 Å². The third-order valence-electron chi connectivity index (χ3n) is 2.60. The molecule has 0 saturated heterocycles. The highest BCUT2D eigenvalue weighted by Crippen LogP contribution is 2.29. The Hall–Kier alpha value is -1.13. The molecule has 0 saturated carbocycles. The second-order valence-electron chi connectivity index (χ2n) is 3.63. The summed E-state index contributed by atoms with van der Waals surface area (Å²) in [5.74, 6) is 1.09. The summed E-state index contributed by atoms with van der Waals surface area (Å²) in [7, 11) is 0. The van der Waals surface area contributed by atoms with Crippen molar-refractivity contribution in [3.63, 3.8) is 0 Å². The van der Waals surface area contributed by atoms with Crippen molar-refractivity contribution in [1.82, 2.24) is 9.55 Å². The van der Waals surface area contributed by atoms with E-state index < -0.39 is 0 Å². The maximum atomic E-state index is 5.20. The van der Waals surface area contributed by atoms with Gasteiger partial charge in [0, 0.05) is 12.3 Å². The summed E-state index contributed by atoms with van der Waals surface area (Å²) in [5, 5.41) is 1.05. The third kappa shape index (κ3) is 1.68. The van der Waals surface area contributed by atoms with Crippen LogP contribution in [0.3, 0.4) is 0 Å². The van der Waals surface area contributed by atoms with Crippen LogP contribution in [0.5, 0.6) is 0 Å². The molecule has 0 N–H and O–H groups in total. The highest BCUT2D eigenvalue weighted by atomic mass is 32.2. The van der Waals surface area contributed by atoms with Gasteiger partial charge in [-0.05, 0) is 11.6 Å². The zero-order valence-electron chi connectivity index (χ0n) is 8.59. The van der Waals surface area contributed by atoms with Crippen LogP contribution in [0.2, 0.25) is 0 Å². The quantitative estimate of drug-likeness (QED) is 0.567. The minimum Gasteiger partial charge on any atom is -0.319 e. The van der Waals surface area contributed by atoms with Gasteiger partial charge >= 0.3 is 0 Å². The highest BCUT2D eigenvalue weighted by Gasteiger charge is 2.15. The average Bonchev–Trinajstić information content (AvgIpc) is 2.77. The van der Waals surface area contributed by atoms with E-state index >= 15 is 0 Å². The molecule has 2 nitrogen and oxygen atoms in total. The fourth-order valence-corrected chi connectivity index (χ4v) is 3.11. The summed E-state index contributed by atoms with van der Waals surface area (Å²) in [6.45, 7) is 1.02. The summed E-state index contributed by atoms with van der Waals surface area (Å²) in [6.07, 6.45) is 0. The van der Waals surface area contributed by atoms with Crippen LogP contribution in [0, 0.1) is 4.64 Å². The fraction of sp³-hybridized carbons (Fsp3) is 0.167. The van der Waals surface area contributed by atoms with Crippen molar-refractivity contribution in [1.29, 1.82) is 0 Å². The first-order valence-electron chi connectivity index (χ1n) is 5.15. The van der Waals surface area contributed by atoms with Crippen molar-refractivity contribution in [3.8, 4) is 11.3 Å². The lowest BCUT2D eigenvalue weighted by atomic mass is 10.1. The maximum absolute atomic E-state index is 5.20. The second-order valence-corrected chi connectivity index (χ2v) is 5.11. The Kier molecular flexibility index (Phi) is 2.53. The lowest BCUT2D eigenvalue weighted by molar-refractivity contribution is 0.688. The van der Waals surface area contributed by atoms with Crippen LogP contribution in [0.25, 0.3) is 11.3 Å². The number of nitrogens with zero attached hydrogens (tertiary/aromatic N) is 2. The Balaban J connectivity index is 2.25. The lowest BCUT2D eigenvalue weighted by Gasteiger charge is -2.10. The number of fused-ring (bicyclic) bond motifs is 1. The molecule has 3 rings (SSSR count). The zero-order chi connectivity index (χ0) is 11.0. The Bertz CT molecular complexity index is 575. The molecular weight excluding hydrogens is 236 g/mol. The molecule has 16 heavy (non-hydrogen) atoms. The van der Waals surface area contributed by atoms with Gasteiger partial charge in [-0.15, -0.1) is 0 Å². The number of thioether (sulfide) groups is 1. The number of hydrogen-bond donors (Lipinski definition) is 0. The van der Waals surface area contributed by atoms with Crippen LogP contribution in [0.15, 0.2) is 41.6 Å². The van der Waals surface area contributed by atoms with Crippen LogP contribution in [-0.2, 0) is 6.54 Å². The van der Waals surface area contributed by atoms with Gasteiger partial charge in [0.1, 0.15) is 4.64 Å². The molecule has 0 aliphatic carbocycles. The van der Waals surface area contributed by atoms with Crippen LogP contribution in [0.1, 0.15) is 0 Å². The van der Waals surface area contributed by atoms with Crippen LogP contribution >= 0.6 is 24.0 Å². The second kappa shape index (κ2) is 4.03. The van der Waals surface area contributed by atoms with Gasteiger partial charge in [0.15, 0.2) is 5.16 Å². The molecule has 1 aromatic heterocycles. The van der Waals surface area contributed by atoms with Gasteiger partial charge in [0.2, 0.25) is 0 Å². The molecule has 4 heteroatoms. The lowest BCUT2D eigenvalue weighted by Crippen LogP contribution is -2.02. The molecule has 80 valence electrons. The summed E-state index contributed by atoms with van der Waals surface area (Å²) in [5.41, 5.74) is 2.39. The van der Waals surface area contributed by atoms with Crippen molar-refractivity contribution >= 4 is 24.0 Å². The van der Waals surface area contributed by atoms with Crippen LogP contribution in [-0.4, -0.2) is 15.3 Å². The first-order valence-corrected chi connectivity index (χ1v) is 6.54. The molecule has 2 aromatic rings. The van der Waals surface area contributed by atoms with Crippen molar-refractivity contribution in [2.75, 3.05) is 5.75 Å². The molecule has 0 amide bonds. The predicted molar refractivity (Wildman–Crippen MR) is 69.2 cm³/mol. The van der Waals surface area contributed by atoms with Crippen molar-refractivity contribution in [3.05, 3.63) is 41.0 Å². The maximum Gasteiger partial charge on any atom is 0.169 e. The van der Waals surface area contributed by atoms with Crippen LogP contribution in [0.4, 0.5) is 0 Å². The summed E-state index contributed by atoms with van der Waals surface area (Å²) >= 11 is 6.98. The first-order chi connectivity index (χ1) is 7.84. The Labute approximate surface area is 103 Å². The minimum absolute atomic E-state index is 0.680. The molecule has 0 unspecified atom stereocenters. The molecule has 0 fully saturated rings. The predicted octanol–water partition coefficient (Wildman–Crippen LogP) is 3.39. The normalized spacial score (nSPS) is 13.8. The standard InChI is InChI=1S/C12H10N2S2/c15-11-8-10(9-4-2-1-3-5-9)14-6-7-16-12(14)13-11/h1-5,8H,6-7H2. The SMILES string of the molecule is S=c1cc(-c2ccccc2)n2c(n1)SCC2. The molecule has 1 aromatic carbocycles. The number of benzene rings is 1. The molecular formula is C12H10N2S2. The smallest absolute Gasteiger partial charge is 0.169 e. The summed E-state index contributed by atoms with van der Waals surface area (Å²) < 4.78 is 2.93. The summed E-state index contributed by atoms with van der Waals surface area (Å²) in [6, 6.07) is 12.3. The van der Waals surface area contributed by atoms with E-state index in [0.717, 1.165) is 17.5 Å². The largest absolute Gasteiger partial charge is 0.319 e. The van der Waals surface area contributed by atoms with E-state index in [1.54, 1.807) is 11.8 Å². The molecule has 0 radical (unpaired) electrons. The zero-order valence-corrected chi connectivity index (χ0v) is 10.2. The van der Waals surface area contributed by atoms with Gasteiger partial charge in [0.25, 0.3) is 0 Å². The average molecular weight is 246 g/mol. The minimum atomic E-state index is 0.680. The van der Waals surface area contributed by atoms with Gasteiger partial charge in [-0.3, -0.25) is 0 Å². The van der Waals surface area contributed by atoms with Crippen molar-refractivity contribution in [2.45, 2.75) is 11.7 Å². The van der Waals surface area contributed by atoms with E-state index in [-0.39, 0.29) is 0 Å². The van der Waals surface area contributed by atoms with E-state index in [1.807, 2.05) is 24.3 Å². The van der Waals surface area contributed by atoms with Crippen molar-refractivity contribution in [2.24, 2.45) is 0 Å². The fourth-order valence-electron chi connectivity index (χ4n) is 1.89.